The third kappa shape index (κ3) is 1.07. The maximum atomic E-state index is 4.47. The number of rotatable bonds is 0. The quantitative estimate of drug-likeness (QED) is 0.642. The molecule has 1 aliphatic carbocycles. The van der Waals surface area contributed by atoms with Gasteiger partial charge in [0.15, 0.2) is 0 Å². The molecule has 0 aromatic carbocycles. The van der Waals surface area contributed by atoms with Crippen LogP contribution < -0.4 is 0 Å². The standard InChI is InChI=1S/C12H12N2/c1-2-5-9-10(6-3-1)14-11-7-4-8-13-12(9)11/h1-3,5,8,14H,4,6-7H2. The molecule has 0 spiro atoms. The number of nitrogens with one attached hydrogen (secondary N) is 1. The summed E-state index contributed by atoms with van der Waals surface area (Å²) in [5, 5.41) is 0. The van der Waals surface area contributed by atoms with E-state index in [-0.39, 0.29) is 0 Å². The van der Waals surface area contributed by atoms with Crippen molar-refractivity contribution in [3.05, 3.63) is 35.2 Å². The molecule has 0 bridgehead atoms. The molecule has 0 unspecified atom stereocenters. The molecule has 70 valence electrons. The smallest absolute Gasteiger partial charge is 0.0908 e. The third-order valence-corrected chi connectivity index (χ3v) is 2.74. The lowest BCUT2D eigenvalue weighted by atomic mass is 10.1. The summed E-state index contributed by atoms with van der Waals surface area (Å²) in [7, 11) is 0. The molecular formula is C12H12N2. The van der Waals surface area contributed by atoms with Gasteiger partial charge in [0, 0.05) is 29.6 Å². The third-order valence-electron chi connectivity index (χ3n) is 2.74. The average Bonchev–Trinajstić information content (AvgIpc) is 2.42. The molecule has 14 heavy (non-hydrogen) atoms. The van der Waals surface area contributed by atoms with Crippen LogP contribution >= 0.6 is 0 Å². The zero-order valence-corrected chi connectivity index (χ0v) is 7.96. The summed E-state index contributed by atoms with van der Waals surface area (Å²) in [4.78, 5) is 7.95. The maximum Gasteiger partial charge on any atom is 0.0908 e. The molecule has 0 saturated carbocycles. The van der Waals surface area contributed by atoms with Crippen LogP contribution in [0.3, 0.4) is 0 Å². The highest BCUT2D eigenvalue weighted by Crippen LogP contribution is 2.33. The number of aromatic amines is 1. The molecule has 1 aromatic heterocycles. The summed E-state index contributed by atoms with van der Waals surface area (Å²) < 4.78 is 0. The van der Waals surface area contributed by atoms with Crippen LogP contribution in [0, 0.1) is 0 Å². The normalized spacial score (nSPS) is 17.7. The van der Waals surface area contributed by atoms with Crippen molar-refractivity contribution >= 4 is 18.0 Å². The summed E-state index contributed by atoms with van der Waals surface area (Å²) in [5.74, 6) is 0. The van der Waals surface area contributed by atoms with E-state index in [0.29, 0.717) is 0 Å². The van der Waals surface area contributed by atoms with Crippen molar-refractivity contribution in [1.82, 2.24) is 4.98 Å². The van der Waals surface area contributed by atoms with E-state index in [0.717, 1.165) is 24.9 Å². The van der Waals surface area contributed by atoms with Crippen LogP contribution in [0.5, 0.6) is 0 Å². The van der Waals surface area contributed by atoms with Gasteiger partial charge in [-0.2, -0.15) is 0 Å². The summed E-state index contributed by atoms with van der Waals surface area (Å²) in [5.41, 5.74) is 5.05. The topological polar surface area (TPSA) is 28.1 Å². The Bertz CT molecular complexity index is 447. The molecule has 1 aromatic rings. The van der Waals surface area contributed by atoms with E-state index in [1.54, 1.807) is 0 Å². The number of H-pyrrole nitrogens is 1. The Kier molecular flexibility index (Phi) is 1.66. The number of allylic oxidation sites excluding steroid dienone is 3. The number of fused-ring (bicyclic) bond motifs is 3. The second kappa shape index (κ2) is 2.98. The van der Waals surface area contributed by atoms with Crippen LogP contribution in [0.25, 0.3) is 6.08 Å². The van der Waals surface area contributed by atoms with E-state index >= 15 is 0 Å². The van der Waals surface area contributed by atoms with Gasteiger partial charge in [-0.15, -0.1) is 0 Å². The number of hydrogen-bond donors (Lipinski definition) is 1. The molecule has 2 nitrogen and oxygen atoms in total. The largest absolute Gasteiger partial charge is 0.360 e. The summed E-state index contributed by atoms with van der Waals surface area (Å²) >= 11 is 0. The van der Waals surface area contributed by atoms with Crippen molar-refractivity contribution in [2.24, 2.45) is 4.99 Å². The Morgan fingerprint density at radius 1 is 1.21 bits per heavy atom. The van der Waals surface area contributed by atoms with E-state index in [4.69, 9.17) is 0 Å². The Hall–Kier alpha value is -1.57. The second-order valence-corrected chi connectivity index (χ2v) is 3.69. The first-order valence-electron chi connectivity index (χ1n) is 5.04. The molecular weight excluding hydrogens is 172 g/mol. The molecule has 3 rings (SSSR count). The van der Waals surface area contributed by atoms with Crippen molar-refractivity contribution in [2.45, 2.75) is 19.3 Å². The minimum atomic E-state index is 0.991. The summed E-state index contributed by atoms with van der Waals surface area (Å²) in [6, 6.07) is 0. The van der Waals surface area contributed by atoms with Crippen molar-refractivity contribution in [3.63, 3.8) is 0 Å². The SMILES string of the molecule is C1=CCc2[nH]c3c(c2C=C1)N=CCC3. The predicted octanol–water partition coefficient (Wildman–Crippen LogP) is 2.79. The van der Waals surface area contributed by atoms with Gasteiger partial charge in [-0.3, -0.25) is 4.99 Å². The number of nitrogens with zero attached hydrogens (tertiary/aromatic N) is 1. The number of aliphatic imine (C=N–C) groups is 1. The van der Waals surface area contributed by atoms with Crippen LogP contribution in [0.15, 0.2) is 23.2 Å². The second-order valence-electron chi connectivity index (χ2n) is 3.69. The highest BCUT2D eigenvalue weighted by molar-refractivity contribution is 5.77. The lowest BCUT2D eigenvalue weighted by Crippen LogP contribution is -1.92. The monoisotopic (exact) mass is 184 g/mol. The fourth-order valence-corrected chi connectivity index (χ4v) is 2.06. The molecule has 0 fully saturated rings. The Labute approximate surface area is 83.1 Å². The zero-order chi connectivity index (χ0) is 9.38. The Morgan fingerprint density at radius 2 is 2.21 bits per heavy atom. The number of hydrogen-bond acceptors (Lipinski definition) is 1. The summed E-state index contributed by atoms with van der Waals surface area (Å²) in [6.45, 7) is 0. The van der Waals surface area contributed by atoms with Gasteiger partial charge in [-0.05, 0) is 12.8 Å². The number of aromatic nitrogens is 1. The van der Waals surface area contributed by atoms with Crippen molar-refractivity contribution < 1.29 is 0 Å². The minimum absolute atomic E-state index is 0.991. The molecule has 2 heteroatoms. The molecule has 0 atom stereocenters. The van der Waals surface area contributed by atoms with Gasteiger partial charge in [0.25, 0.3) is 0 Å². The van der Waals surface area contributed by atoms with Crippen molar-refractivity contribution in [1.29, 1.82) is 0 Å². The lowest BCUT2D eigenvalue weighted by molar-refractivity contribution is 0.963. The van der Waals surface area contributed by atoms with Crippen molar-refractivity contribution in [2.75, 3.05) is 0 Å². The van der Waals surface area contributed by atoms with Gasteiger partial charge in [0.1, 0.15) is 0 Å². The van der Waals surface area contributed by atoms with E-state index in [9.17, 15) is 0 Å². The molecule has 1 N–H and O–H groups in total. The zero-order valence-electron chi connectivity index (χ0n) is 7.96. The van der Waals surface area contributed by atoms with Gasteiger partial charge in [-0.1, -0.05) is 24.3 Å². The maximum absolute atomic E-state index is 4.47. The van der Waals surface area contributed by atoms with Crippen LogP contribution in [0.2, 0.25) is 0 Å². The van der Waals surface area contributed by atoms with Crippen LogP contribution in [0.4, 0.5) is 5.69 Å². The van der Waals surface area contributed by atoms with E-state index < -0.39 is 0 Å². The minimum Gasteiger partial charge on any atom is -0.360 e. The summed E-state index contributed by atoms with van der Waals surface area (Å²) in [6.07, 6.45) is 13.7. The van der Waals surface area contributed by atoms with E-state index in [2.05, 4.69) is 34.3 Å². The average molecular weight is 184 g/mol. The number of aryl methyl sites for hydroxylation is 1. The first-order chi connectivity index (χ1) is 6.95. The van der Waals surface area contributed by atoms with Gasteiger partial charge in [0.05, 0.1) is 5.69 Å². The van der Waals surface area contributed by atoms with Gasteiger partial charge in [0.2, 0.25) is 0 Å². The molecule has 2 heterocycles. The van der Waals surface area contributed by atoms with E-state index in [1.807, 2.05) is 6.21 Å². The Balaban J connectivity index is 2.20. The predicted molar refractivity (Wildman–Crippen MR) is 59.1 cm³/mol. The van der Waals surface area contributed by atoms with Crippen LogP contribution in [-0.4, -0.2) is 11.2 Å². The van der Waals surface area contributed by atoms with E-state index in [1.165, 1.54) is 17.0 Å². The molecule has 2 aliphatic rings. The fraction of sp³-hybridized carbons (Fsp3) is 0.250. The van der Waals surface area contributed by atoms with Crippen LogP contribution in [-0.2, 0) is 12.8 Å². The van der Waals surface area contributed by atoms with Gasteiger partial charge < -0.3 is 4.98 Å². The van der Waals surface area contributed by atoms with Crippen molar-refractivity contribution in [3.8, 4) is 0 Å². The Morgan fingerprint density at radius 3 is 3.21 bits per heavy atom. The molecule has 0 amide bonds. The lowest BCUT2D eigenvalue weighted by Gasteiger charge is -2.03. The fourth-order valence-electron chi connectivity index (χ4n) is 2.06. The van der Waals surface area contributed by atoms with Crippen LogP contribution in [0.1, 0.15) is 23.4 Å². The molecule has 1 aliphatic heterocycles. The van der Waals surface area contributed by atoms with Gasteiger partial charge in [-0.25, -0.2) is 0 Å². The highest BCUT2D eigenvalue weighted by atomic mass is 14.9. The molecule has 0 radical (unpaired) electrons. The molecule has 0 saturated heterocycles. The first-order valence-corrected chi connectivity index (χ1v) is 5.04. The van der Waals surface area contributed by atoms with Gasteiger partial charge >= 0.3 is 0 Å². The highest BCUT2D eigenvalue weighted by Gasteiger charge is 2.16. The first kappa shape index (κ1) is 7.80.